The first-order valence-electron chi connectivity index (χ1n) is 6.49. The van der Waals surface area contributed by atoms with Crippen LogP contribution in [0.5, 0.6) is 5.75 Å². The highest BCUT2D eigenvalue weighted by atomic mass is 79.9. The number of carbonyl (C=O) groups excluding carboxylic acids is 1. The van der Waals surface area contributed by atoms with Crippen molar-refractivity contribution < 1.29 is 14.3 Å². The van der Waals surface area contributed by atoms with Crippen molar-refractivity contribution in [2.45, 2.75) is 18.1 Å². The molecule has 3 aliphatic rings. The summed E-state index contributed by atoms with van der Waals surface area (Å²) in [5.41, 5.74) is 0.403. The van der Waals surface area contributed by atoms with Gasteiger partial charge in [-0.1, -0.05) is 15.9 Å². The van der Waals surface area contributed by atoms with Crippen LogP contribution in [0.15, 0.2) is 22.7 Å². The van der Waals surface area contributed by atoms with Gasteiger partial charge in [0.15, 0.2) is 5.78 Å². The summed E-state index contributed by atoms with van der Waals surface area (Å²) in [4.78, 5) is 14.6. The van der Waals surface area contributed by atoms with Crippen LogP contribution in [0.3, 0.4) is 0 Å². The van der Waals surface area contributed by atoms with Gasteiger partial charge in [-0.25, -0.2) is 0 Å². The highest BCUT2D eigenvalue weighted by Gasteiger charge is 2.52. The Labute approximate surface area is 119 Å². The second-order valence-electron chi connectivity index (χ2n) is 5.62. The summed E-state index contributed by atoms with van der Waals surface area (Å²) in [6, 6.07) is 6.14. The zero-order valence-electron chi connectivity index (χ0n) is 10.4. The maximum Gasteiger partial charge on any atom is 0.170 e. The van der Waals surface area contributed by atoms with Crippen molar-refractivity contribution in [1.82, 2.24) is 4.90 Å². The van der Waals surface area contributed by atoms with E-state index in [2.05, 4.69) is 20.8 Å². The molecule has 4 nitrogen and oxygen atoms in total. The quantitative estimate of drug-likeness (QED) is 0.791. The standard InChI is InChI=1S/C14H14BrNO3/c15-9-1-2-11-12(17)4-14(19-13(11)3-9)7-16(8-14)10-5-18-6-10/h1-3,10H,4-8H2. The molecule has 0 saturated carbocycles. The Morgan fingerprint density at radius 3 is 2.79 bits per heavy atom. The molecular formula is C14H14BrNO3. The van der Waals surface area contributed by atoms with E-state index >= 15 is 0 Å². The smallest absolute Gasteiger partial charge is 0.170 e. The molecule has 1 aromatic rings. The van der Waals surface area contributed by atoms with Gasteiger partial charge in [0.05, 0.1) is 31.2 Å². The number of likely N-dealkylation sites (tertiary alicyclic amines) is 1. The Bertz CT molecular complexity index is 550. The number of benzene rings is 1. The zero-order chi connectivity index (χ0) is 13.0. The largest absolute Gasteiger partial charge is 0.483 e. The van der Waals surface area contributed by atoms with Gasteiger partial charge in [-0.3, -0.25) is 9.69 Å². The first kappa shape index (κ1) is 11.9. The number of ether oxygens (including phenoxy) is 2. The van der Waals surface area contributed by atoms with Crippen molar-refractivity contribution in [3.63, 3.8) is 0 Å². The molecule has 0 aliphatic carbocycles. The van der Waals surface area contributed by atoms with E-state index in [1.54, 1.807) is 0 Å². The molecule has 0 unspecified atom stereocenters. The van der Waals surface area contributed by atoms with Gasteiger partial charge in [-0.2, -0.15) is 0 Å². The van der Waals surface area contributed by atoms with Gasteiger partial charge in [-0.05, 0) is 18.2 Å². The third-order valence-electron chi connectivity index (χ3n) is 4.17. The molecule has 0 N–H and O–H groups in total. The topological polar surface area (TPSA) is 38.8 Å². The van der Waals surface area contributed by atoms with Crippen LogP contribution in [0.25, 0.3) is 0 Å². The fraction of sp³-hybridized carbons (Fsp3) is 0.500. The van der Waals surface area contributed by atoms with E-state index in [9.17, 15) is 4.79 Å². The van der Waals surface area contributed by atoms with Crippen molar-refractivity contribution >= 4 is 21.7 Å². The van der Waals surface area contributed by atoms with Crippen LogP contribution in [0, 0.1) is 0 Å². The van der Waals surface area contributed by atoms with Gasteiger partial charge < -0.3 is 9.47 Å². The lowest BCUT2D eigenvalue weighted by Gasteiger charge is -2.55. The normalized spacial score (nSPS) is 25.4. The Hall–Kier alpha value is -0.910. The van der Waals surface area contributed by atoms with Gasteiger partial charge in [0.1, 0.15) is 11.4 Å². The highest BCUT2D eigenvalue weighted by Crippen LogP contribution is 2.40. The lowest BCUT2D eigenvalue weighted by molar-refractivity contribution is -0.157. The minimum Gasteiger partial charge on any atom is -0.483 e. The molecule has 2 saturated heterocycles. The molecule has 1 spiro atoms. The van der Waals surface area contributed by atoms with Gasteiger partial charge in [0, 0.05) is 17.6 Å². The first-order valence-corrected chi connectivity index (χ1v) is 7.28. The molecule has 3 heterocycles. The molecule has 5 heteroatoms. The van der Waals surface area contributed by atoms with Crippen LogP contribution >= 0.6 is 15.9 Å². The highest BCUT2D eigenvalue weighted by molar-refractivity contribution is 9.10. The van der Waals surface area contributed by atoms with Crippen LogP contribution in [-0.4, -0.2) is 48.6 Å². The summed E-state index contributed by atoms with van der Waals surface area (Å²) in [5, 5.41) is 0. The Morgan fingerprint density at radius 1 is 1.32 bits per heavy atom. The van der Waals surface area contributed by atoms with Crippen LogP contribution in [0.4, 0.5) is 0 Å². The fourth-order valence-corrected chi connectivity index (χ4v) is 3.37. The molecule has 2 fully saturated rings. The Morgan fingerprint density at radius 2 is 2.11 bits per heavy atom. The Balaban J connectivity index is 1.56. The molecule has 19 heavy (non-hydrogen) atoms. The van der Waals surface area contributed by atoms with E-state index in [1.165, 1.54) is 0 Å². The number of fused-ring (bicyclic) bond motifs is 1. The molecular weight excluding hydrogens is 310 g/mol. The van der Waals surface area contributed by atoms with E-state index in [-0.39, 0.29) is 11.4 Å². The van der Waals surface area contributed by atoms with E-state index in [4.69, 9.17) is 9.47 Å². The molecule has 0 bridgehead atoms. The second-order valence-corrected chi connectivity index (χ2v) is 6.54. The summed E-state index contributed by atoms with van der Waals surface area (Å²) in [7, 11) is 0. The molecule has 3 aliphatic heterocycles. The number of carbonyl (C=O) groups is 1. The summed E-state index contributed by atoms with van der Waals surface area (Å²) in [6.07, 6.45) is 0.492. The van der Waals surface area contributed by atoms with Gasteiger partial charge >= 0.3 is 0 Å². The summed E-state index contributed by atoms with van der Waals surface area (Å²) in [6.45, 7) is 3.29. The number of rotatable bonds is 1. The molecule has 4 rings (SSSR count). The number of hydrogen-bond acceptors (Lipinski definition) is 4. The van der Waals surface area contributed by atoms with Crippen LogP contribution in [-0.2, 0) is 4.74 Å². The monoisotopic (exact) mass is 323 g/mol. The summed E-state index contributed by atoms with van der Waals surface area (Å²) in [5.74, 6) is 0.911. The van der Waals surface area contributed by atoms with Gasteiger partial charge in [-0.15, -0.1) is 0 Å². The molecule has 0 amide bonds. The molecule has 1 aromatic carbocycles. The summed E-state index contributed by atoms with van der Waals surface area (Å²) >= 11 is 3.42. The van der Waals surface area contributed by atoms with E-state index in [0.29, 0.717) is 18.0 Å². The van der Waals surface area contributed by atoms with Crippen molar-refractivity contribution in [3.8, 4) is 5.75 Å². The summed E-state index contributed by atoms with van der Waals surface area (Å²) < 4.78 is 12.3. The van der Waals surface area contributed by atoms with E-state index in [0.717, 1.165) is 36.5 Å². The number of halogens is 1. The van der Waals surface area contributed by atoms with Crippen LogP contribution in [0.2, 0.25) is 0 Å². The average Bonchev–Trinajstić information content (AvgIpc) is 2.23. The zero-order valence-corrected chi connectivity index (χ0v) is 12.0. The third kappa shape index (κ3) is 1.83. The molecule has 0 atom stereocenters. The Kier molecular flexibility index (Phi) is 2.53. The van der Waals surface area contributed by atoms with E-state index < -0.39 is 0 Å². The van der Waals surface area contributed by atoms with Crippen molar-refractivity contribution in [1.29, 1.82) is 0 Å². The van der Waals surface area contributed by atoms with Crippen molar-refractivity contribution in [2.24, 2.45) is 0 Å². The van der Waals surface area contributed by atoms with Gasteiger partial charge in [0.25, 0.3) is 0 Å². The third-order valence-corrected chi connectivity index (χ3v) is 4.67. The minimum atomic E-state index is -0.305. The van der Waals surface area contributed by atoms with Crippen molar-refractivity contribution in [3.05, 3.63) is 28.2 Å². The number of Topliss-reactive ketones (excluding diaryl/α,β-unsaturated/α-hetero) is 1. The predicted octanol–water partition coefficient (Wildman–Crippen LogP) is 1.87. The lowest BCUT2D eigenvalue weighted by atomic mass is 9.82. The minimum absolute atomic E-state index is 0.193. The second kappa shape index (κ2) is 4.04. The average molecular weight is 324 g/mol. The molecule has 100 valence electrons. The number of nitrogens with zero attached hydrogens (tertiary/aromatic N) is 1. The van der Waals surface area contributed by atoms with Crippen molar-refractivity contribution in [2.75, 3.05) is 26.3 Å². The van der Waals surface area contributed by atoms with E-state index in [1.807, 2.05) is 18.2 Å². The van der Waals surface area contributed by atoms with Crippen LogP contribution < -0.4 is 4.74 Å². The lowest BCUT2D eigenvalue weighted by Crippen LogP contribution is -2.71. The predicted molar refractivity (Wildman–Crippen MR) is 72.6 cm³/mol. The maximum atomic E-state index is 12.2. The van der Waals surface area contributed by atoms with Crippen LogP contribution in [0.1, 0.15) is 16.8 Å². The maximum absolute atomic E-state index is 12.2. The fourth-order valence-electron chi connectivity index (χ4n) is 3.03. The molecule has 0 radical (unpaired) electrons. The first-order chi connectivity index (χ1) is 9.15. The SMILES string of the molecule is O=C1CC2(CN(C3COC3)C2)Oc2cc(Br)ccc21. The van der Waals surface area contributed by atoms with Gasteiger partial charge in [0.2, 0.25) is 0 Å². The molecule has 0 aromatic heterocycles. The number of hydrogen-bond donors (Lipinski definition) is 0. The number of ketones is 1.